The third-order valence-corrected chi connectivity index (χ3v) is 5.53. The molecule has 2 rings (SSSR count). The van der Waals surface area contributed by atoms with Crippen molar-refractivity contribution in [1.29, 1.82) is 0 Å². The Labute approximate surface area is 208 Å². The Morgan fingerprint density at radius 3 is 2.29 bits per heavy atom. The van der Waals surface area contributed by atoms with Crippen LogP contribution in [0.25, 0.3) is 0 Å². The maximum Gasteiger partial charge on any atom is 0.321 e. The van der Waals surface area contributed by atoms with Crippen molar-refractivity contribution in [1.82, 2.24) is 9.80 Å². The summed E-state index contributed by atoms with van der Waals surface area (Å²) in [4.78, 5) is 39.3. The molecule has 1 heterocycles. The zero-order valence-corrected chi connectivity index (χ0v) is 20.0. The average Bonchev–Trinajstić information content (AvgIpc) is 2.80. The SMILES string of the molecule is Cl.N[C@@H](CC(=O)N1CCCCOC[C@@H](O)[C@H](O)[C@@H](O)CN(C(=O)c2ccc(F)cc2)CC1)C(=O)O. The van der Waals surface area contributed by atoms with E-state index < -0.39 is 54.4 Å². The molecule has 0 aliphatic carbocycles. The normalized spacial score (nSPS) is 23.5. The van der Waals surface area contributed by atoms with E-state index in [9.17, 15) is 34.1 Å². The number of aliphatic hydroxyl groups excluding tert-OH is 3. The van der Waals surface area contributed by atoms with Crippen LogP contribution in [0.4, 0.5) is 4.39 Å². The molecule has 1 saturated heterocycles. The molecule has 6 N–H and O–H groups in total. The highest BCUT2D eigenvalue weighted by Gasteiger charge is 2.30. The summed E-state index contributed by atoms with van der Waals surface area (Å²) in [5.41, 5.74) is 5.62. The van der Waals surface area contributed by atoms with Crippen molar-refractivity contribution in [2.75, 3.05) is 39.4 Å². The van der Waals surface area contributed by atoms with E-state index in [4.69, 9.17) is 15.6 Å². The van der Waals surface area contributed by atoms with E-state index in [-0.39, 0.29) is 57.4 Å². The molecule has 4 atom stereocenters. The fraction of sp³-hybridized carbons (Fsp3) is 0.591. The Bertz CT molecular complexity index is 831. The van der Waals surface area contributed by atoms with E-state index in [1.807, 2.05) is 0 Å². The minimum atomic E-state index is -1.60. The van der Waals surface area contributed by atoms with Gasteiger partial charge in [-0.2, -0.15) is 0 Å². The number of benzene rings is 1. The van der Waals surface area contributed by atoms with Gasteiger partial charge in [-0.3, -0.25) is 14.4 Å². The zero-order chi connectivity index (χ0) is 25.3. The third kappa shape index (κ3) is 9.67. The largest absolute Gasteiger partial charge is 0.480 e. The second-order valence-corrected chi connectivity index (χ2v) is 8.20. The number of carboxylic acids is 1. The summed E-state index contributed by atoms with van der Waals surface area (Å²) in [5.74, 6) is -2.94. The Morgan fingerprint density at radius 1 is 1.03 bits per heavy atom. The molecule has 13 heteroatoms. The topological polar surface area (TPSA) is 174 Å². The van der Waals surface area contributed by atoms with Crippen molar-refractivity contribution in [3.05, 3.63) is 35.6 Å². The van der Waals surface area contributed by atoms with Gasteiger partial charge >= 0.3 is 5.97 Å². The number of aliphatic carboxylic acids is 1. The monoisotopic (exact) mass is 521 g/mol. The van der Waals surface area contributed by atoms with Crippen molar-refractivity contribution < 1.29 is 43.9 Å². The second-order valence-electron chi connectivity index (χ2n) is 8.20. The molecule has 198 valence electrons. The minimum Gasteiger partial charge on any atom is -0.480 e. The Hall–Kier alpha value is -2.35. The molecule has 1 fully saturated rings. The van der Waals surface area contributed by atoms with Gasteiger partial charge in [-0.1, -0.05) is 0 Å². The maximum atomic E-state index is 13.3. The van der Waals surface area contributed by atoms with Gasteiger partial charge in [0.15, 0.2) is 0 Å². The molecule has 2 amide bonds. The summed E-state index contributed by atoms with van der Waals surface area (Å²) in [6.45, 7) is -0.192. The van der Waals surface area contributed by atoms with Crippen molar-refractivity contribution in [2.45, 2.75) is 43.6 Å². The van der Waals surface area contributed by atoms with Gasteiger partial charge in [-0.25, -0.2) is 4.39 Å². The number of rotatable bonds is 4. The quantitative estimate of drug-likeness (QED) is 0.340. The standard InChI is InChI=1S/C22H32FN3O8.ClH/c23-15-5-3-14(4-6-15)21(31)26-9-8-25(19(29)11-16(24)22(32)33)7-1-2-10-34-13-18(28)20(30)17(27)12-26;/h3-6,16-18,20,27-28,30H,1-2,7-13,24H2,(H,32,33);1H/t16-,17-,18+,20+;/m0./s1. The lowest BCUT2D eigenvalue weighted by Gasteiger charge is -2.32. The number of carboxylic acid groups (broad SMARTS) is 1. The van der Waals surface area contributed by atoms with Gasteiger partial charge < -0.3 is 40.7 Å². The summed E-state index contributed by atoms with van der Waals surface area (Å²) < 4.78 is 18.6. The van der Waals surface area contributed by atoms with E-state index in [1.165, 1.54) is 21.9 Å². The molecule has 35 heavy (non-hydrogen) atoms. The number of aliphatic hydroxyl groups is 3. The molecule has 0 radical (unpaired) electrons. The van der Waals surface area contributed by atoms with Gasteiger partial charge in [0.2, 0.25) is 5.91 Å². The number of amides is 2. The van der Waals surface area contributed by atoms with E-state index >= 15 is 0 Å². The Morgan fingerprint density at radius 2 is 1.66 bits per heavy atom. The van der Waals surface area contributed by atoms with Crippen LogP contribution in [0.3, 0.4) is 0 Å². The number of hydrogen-bond acceptors (Lipinski definition) is 8. The van der Waals surface area contributed by atoms with Gasteiger partial charge in [-0.05, 0) is 37.1 Å². The van der Waals surface area contributed by atoms with Crippen LogP contribution >= 0.6 is 12.4 Å². The first-order valence-electron chi connectivity index (χ1n) is 11.0. The predicted octanol–water partition coefficient (Wildman–Crippen LogP) is -0.787. The molecule has 0 aromatic heterocycles. The van der Waals surface area contributed by atoms with E-state index in [0.717, 1.165) is 12.1 Å². The van der Waals surface area contributed by atoms with E-state index in [1.54, 1.807) is 0 Å². The van der Waals surface area contributed by atoms with Crippen LogP contribution in [-0.2, 0) is 14.3 Å². The fourth-order valence-corrected chi connectivity index (χ4v) is 3.46. The number of nitrogens with zero attached hydrogens (tertiary/aromatic N) is 2. The van der Waals surface area contributed by atoms with Crippen LogP contribution in [0.15, 0.2) is 24.3 Å². The molecule has 1 aromatic carbocycles. The molecule has 0 unspecified atom stereocenters. The molecule has 0 bridgehead atoms. The number of β-amino-alcohol motifs (C(OH)–C–C–N with tert-alkyl or cyclic N) is 1. The molecule has 0 saturated carbocycles. The molecular weight excluding hydrogens is 489 g/mol. The number of ether oxygens (including phenoxy) is 1. The number of halogens is 2. The van der Waals surface area contributed by atoms with E-state index in [0.29, 0.717) is 12.8 Å². The van der Waals surface area contributed by atoms with Crippen molar-refractivity contribution in [3.63, 3.8) is 0 Å². The molecule has 1 aliphatic heterocycles. The lowest BCUT2D eigenvalue weighted by atomic mass is 10.1. The summed E-state index contributed by atoms with van der Waals surface area (Å²) in [7, 11) is 0. The van der Waals surface area contributed by atoms with E-state index in [2.05, 4.69) is 0 Å². The van der Waals surface area contributed by atoms with Crippen molar-refractivity contribution in [3.8, 4) is 0 Å². The lowest BCUT2D eigenvalue weighted by Crippen LogP contribution is -2.50. The van der Waals surface area contributed by atoms with Gasteiger partial charge in [0, 0.05) is 38.3 Å². The van der Waals surface area contributed by atoms with Crippen LogP contribution in [-0.4, -0.2) is 112 Å². The first kappa shape index (κ1) is 30.7. The summed E-state index contributed by atoms with van der Waals surface area (Å²) >= 11 is 0. The number of nitrogens with two attached hydrogens (primary N) is 1. The number of carbonyl (C=O) groups is 3. The van der Waals surface area contributed by atoms with Gasteiger partial charge in [-0.15, -0.1) is 12.4 Å². The lowest BCUT2D eigenvalue weighted by molar-refractivity contribution is -0.142. The van der Waals surface area contributed by atoms with Crippen LogP contribution in [0, 0.1) is 5.82 Å². The van der Waals surface area contributed by atoms with Crippen LogP contribution < -0.4 is 5.73 Å². The maximum absolute atomic E-state index is 13.3. The zero-order valence-electron chi connectivity index (χ0n) is 19.2. The number of carbonyl (C=O) groups excluding carboxylic acids is 2. The first-order valence-corrected chi connectivity index (χ1v) is 11.0. The smallest absolute Gasteiger partial charge is 0.321 e. The van der Waals surface area contributed by atoms with Crippen molar-refractivity contribution in [2.24, 2.45) is 5.73 Å². The summed E-state index contributed by atoms with van der Waals surface area (Å²) in [6, 6.07) is 3.37. The predicted molar refractivity (Wildman–Crippen MR) is 124 cm³/mol. The van der Waals surface area contributed by atoms with Crippen LogP contribution in [0.2, 0.25) is 0 Å². The van der Waals surface area contributed by atoms with Crippen molar-refractivity contribution >= 4 is 30.2 Å². The van der Waals surface area contributed by atoms with Crippen LogP contribution in [0.1, 0.15) is 29.6 Å². The number of hydrogen-bond donors (Lipinski definition) is 5. The van der Waals surface area contributed by atoms with Gasteiger partial charge in [0.1, 0.15) is 30.2 Å². The first-order chi connectivity index (χ1) is 16.1. The Balaban J connectivity index is 0.00000612. The summed E-state index contributed by atoms with van der Waals surface area (Å²) in [5, 5.41) is 39.8. The molecule has 1 aliphatic rings. The van der Waals surface area contributed by atoms with Gasteiger partial charge in [0.05, 0.1) is 13.0 Å². The minimum absolute atomic E-state index is 0. The average molecular weight is 522 g/mol. The highest BCUT2D eigenvalue weighted by molar-refractivity contribution is 5.94. The van der Waals surface area contributed by atoms with Crippen LogP contribution in [0.5, 0.6) is 0 Å². The Kier molecular flexibility index (Phi) is 13.1. The molecular formula is C22H33ClFN3O8. The third-order valence-electron chi connectivity index (χ3n) is 5.53. The highest BCUT2D eigenvalue weighted by Crippen LogP contribution is 2.12. The molecule has 0 spiro atoms. The van der Waals surface area contributed by atoms with Gasteiger partial charge in [0.25, 0.3) is 5.91 Å². The molecule has 1 aromatic rings. The summed E-state index contributed by atoms with van der Waals surface area (Å²) in [6.07, 6.45) is -3.92. The fourth-order valence-electron chi connectivity index (χ4n) is 3.46. The second kappa shape index (κ2) is 14.9. The molecule has 11 nitrogen and oxygen atoms in total. The highest BCUT2D eigenvalue weighted by atomic mass is 35.5.